The van der Waals surface area contributed by atoms with Crippen molar-refractivity contribution in [1.29, 1.82) is 0 Å². The molecule has 0 radical (unpaired) electrons. The molecule has 124 heavy (non-hydrogen) atoms. The Hall–Kier alpha value is -9.88. The predicted molar refractivity (Wildman–Crippen MR) is 444 cm³/mol. The average Bonchev–Trinajstić information content (AvgIpc) is 0.757. The molecule has 6 fully saturated rings. The highest BCUT2D eigenvalue weighted by atomic mass is 35.5. The number of carbonyl (C=O) groups excluding carboxylic acids is 9. The van der Waals surface area contributed by atoms with Crippen molar-refractivity contribution in [3.05, 3.63) is 147 Å². The van der Waals surface area contributed by atoms with Gasteiger partial charge in [0.05, 0.1) is 45.1 Å². The van der Waals surface area contributed by atoms with Gasteiger partial charge < -0.3 is 96.6 Å². The standard InChI is InChI=1S/C89H103Cl2N7O25S/c1-7-43(18-38(2)3)84(112)96-75-62(103)27-50(31-70(106)93-88(116)98-124(117,118)53-13-8-39(4)9-14-53)85(113)94-73-49-28-67(120-65-16-11-45(77(75)107)25-58(65)90)81(122-69-30-51(37-99)79(109)80(110)82(69)123-71-36-89(6,92)83(111)40(5)119-71)68(29-49)121-66-17-12-46(26-59(66)91)78(108)76-87(115)95-74(64(105)34-54-47-20-41-19-42(22-47)23-48(54)21-41)57-32-52(100)33-61(102)72(57)56-24-44(10-15-60(56)101)55(35-63(73)104)86(114)97-76/h8-17,24-26,28-29,32-33,38,40-43,47-48,50-51,54-55,69,71,73-80,82-83,99-102,107-111H,7,18-23,27,30-31,34-37,92H2,1-6H3,(H,94,113)(H,95,115)(H,96,112)(H,97,114)(H2,93,98,106,116)/t40-,41?,42?,43+,47?,48?,50-,51+,54?,55+,69+,71-,73+,74-,75-,76-,77+,78+,79+,80-,82-,83+,89-/m0/s1. The molecule has 15 bridgehead atoms. The van der Waals surface area contributed by atoms with E-state index in [-0.39, 0.29) is 111 Å². The Balaban J connectivity index is 0.966. The minimum atomic E-state index is -4.72. The molecule has 6 aliphatic heterocycles. The van der Waals surface area contributed by atoms with Crippen LogP contribution in [0.1, 0.15) is 182 Å². The van der Waals surface area contributed by atoms with E-state index in [2.05, 4.69) is 21.3 Å². The minimum absolute atomic E-state index is 0.0815. The van der Waals surface area contributed by atoms with Crippen LogP contribution in [0.3, 0.4) is 0 Å². The van der Waals surface area contributed by atoms with Crippen LogP contribution >= 0.6 is 23.2 Å². The Morgan fingerprint density at radius 1 is 0.694 bits per heavy atom. The maximum absolute atomic E-state index is 16.8. The van der Waals surface area contributed by atoms with Gasteiger partial charge in [0.25, 0.3) is 10.0 Å². The highest BCUT2D eigenvalue weighted by Crippen LogP contribution is 2.59. The number of carbonyl (C=O) groups is 9. The summed E-state index contributed by atoms with van der Waals surface area (Å²) in [5.74, 6) is -18.1. The highest BCUT2D eigenvalue weighted by Gasteiger charge is 2.53. The zero-order valence-electron chi connectivity index (χ0n) is 68.8. The second-order valence-electron chi connectivity index (χ2n) is 35.3. The molecule has 17 N–H and O–H groups in total. The molecule has 6 aromatic rings. The number of hydrogen-bond acceptors (Lipinski definition) is 26. The van der Waals surface area contributed by atoms with Gasteiger partial charge in [0.15, 0.2) is 35.1 Å². The Morgan fingerprint density at radius 3 is 1.93 bits per heavy atom. The van der Waals surface area contributed by atoms with E-state index in [1.165, 1.54) is 73.7 Å². The fourth-order valence-corrected chi connectivity index (χ4v) is 20.9. The Labute approximate surface area is 724 Å². The number of fused-ring (bicyclic) bond motifs is 15. The number of Topliss-reactive ketones (excluding diaryl/α,β-unsaturated/α-hetero) is 3. The van der Waals surface area contributed by atoms with Crippen molar-refractivity contribution >= 4 is 86.1 Å². The summed E-state index contributed by atoms with van der Waals surface area (Å²) >= 11 is 14.6. The van der Waals surface area contributed by atoms with Crippen molar-refractivity contribution in [2.24, 2.45) is 59.0 Å². The lowest BCUT2D eigenvalue weighted by atomic mass is 9.51. The average molecular weight is 1770 g/mol. The van der Waals surface area contributed by atoms with Crippen molar-refractivity contribution in [3.8, 4) is 57.1 Å². The van der Waals surface area contributed by atoms with Crippen LogP contribution < -0.4 is 51.3 Å². The lowest BCUT2D eigenvalue weighted by molar-refractivity contribution is -0.286. The monoisotopic (exact) mass is 1770 g/mol. The third kappa shape index (κ3) is 19.1. The van der Waals surface area contributed by atoms with Crippen molar-refractivity contribution in [3.63, 3.8) is 0 Å². The Kier molecular flexibility index (Phi) is 26.7. The molecule has 0 aromatic heterocycles. The normalized spacial score (nSPS) is 30.8. The van der Waals surface area contributed by atoms with Crippen molar-refractivity contribution < 1.29 is 121 Å². The van der Waals surface area contributed by atoms with Gasteiger partial charge in [-0.3, -0.25) is 43.7 Å². The van der Waals surface area contributed by atoms with Gasteiger partial charge in [-0.2, -0.15) is 0 Å². The number of aryl methyl sites for hydroxylation is 1. The van der Waals surface area contributed by atoms with Gasteiger partial charge >= 0.3 is 6.03 Å². The first-order chi connectivity index (χ1) is 58.7. The number of hydrogen-bond donors (Lipinski definition) is 16. The first-order valence-corrected chi connectivity index (χ1v) is 44.0. The van der Waals surface area contributed by atoms with E-state index in [4.69, 9.17) is 52.6 Å². The number of aromatic hydroxyl groups is 3. The number of halogens is 2. The van der Waals surface area contributed by atoms with E-state index in [1.807, 2.05) is 19.2 Å². The SMILES string of the molecule is CC[C@H](CC(C)C)C(=O)N[C@H]1C(=O)C[C@@H](CC(=O)NC(=O)NS(=O)(=O)c2ccc(C)cc2)C(=O)N[C@H]2C(=O)C[C@H]3C(=O)N[C@H](C(=O)N[C@H](C(=O)CC4C5CC6CC(C5)CC4C6)c4cc(O)cc(O)c4-c4cc3ccc4O)[C@H](O)c3ccc(c(Cl)c3)Oc3cc2cc(c3O[C@@H]2C[C@H](CO)[C@@H](O)[C@H](O)[C@H]2O[C@H]2C[C@](C)(N)[C@H](O)[C@H](C)O2)Oc2ccc(cc2Cl)[C@H]1O. The lowest BCUT2D eigenvalue weighted by Crippen LogP contribution is -2.63. The molecule has 0 unspecified atom stereocenters. The zero-order chi connectivity index (χ0) is 89.1. The number of imide groups is 1. The topological polar surface area (TPSA) is 514 Å². The number of aliphatic hydroxyl groups excluding tert-OH is 6. The Morgan fingerprint density at radius 2 is 1.32 bits per heavy atom. The molecule has 18 atom stereocenters. The third-order valence-corrected chi connectivity index (χ3v) is 27.8. The van der Waals surface area contributed by atoms with Crippen LogP contribution in [0.4, 0.5) is 4.79 Å². The third-order valence-electron chi connectivity index (χ3n) is 25.9. The molecule has 1 saturated heterocycles. The number of nitrogens with two attached hydrogens (primary N) is 1. The number of amides is 7. The fourth-order valence-electron chi connectivity index (χ4n) is 19.6. The maximum Gasteiger partial charge on any atom is 0.335 e. The van der Waals surface area contributed by atoms with E-state index in [0.29, 0.717) is 17.4 Å². The number of aliphatic hydroxyl groups is 6. The number of nitrogens with one attached hydrogen (secondary N) is 6. The van der Waals surface area contributed by atoms with Crippen molar-refractivity contribution in [2.45, 2.75) is 221 Å². The van der Waals surface area contributed by atoms with E-state index < -0.39 is 242 Å². The van der Waals surface area contributed by atoms with Crippen LogP contribution in [-0.2, 0) is 57.9 Å². The molecule has 11 aliphatic rings. The molecule has 32 nitrogen and oxygen atoms in total. The lowest BCUT2D eigenvalue weighted by Gasteiger charge is -2.54. The van der Waals surface area contributed by atoms with Crippen LogP contribution in [0.25, 0.3) is 11.1 Å². The van der Waals surface area contributed by atoms with Gasteiger partial charge in [0, 0.05) is 73.3 Å². The van der Waals surface area contributed by atoms with Gasteiger partial charge in [-0.05, 0) is 202 Å². The molecule has 5 aliphatic carbocycles. The first kappa shape index (κ1) is 90.4. The quantitative estimate of drug-likeness (QED) is 0.0409. The second kappa shape index (κ2) is 36.6. The molecule has 6 aromatic carbocycles. The van der Waals surface area contributed by atoms with Crippen molar-refractivity contribution in [1.82, 2.24) is 31.3 Å². The summed E-state index contributed by atoms with van der Waals surface area (Å²) in [4.78, 5) is 139. The summed E-state index contributed by atoms with van der Waals surface area (Å²) in [5.41, 5.74) is 4.09. The molecular formula is C89H103Cl2N7O25S. The molecule has 35 heteroatoms. The number of phenolic OH excluding ortho intramolecular Hbond substituents is 3. The van der Waals surface area contributed by atoms with Gasteiger partial charge in [-0.15, -0.1) is 0 Å². The second-order valence-corrected chi connectivity index (χ2v) is 37.8. The van der Waals surface area contributed by atoms with Gasteiger partial charge in [-0.1, -0.05) is 79.9 Å². The highest BCUT2D eigenvalue weighted by molar-refractivity contribution is 7.90. The van der Waals surface area contributed by atoms with Crippen LogP contribution in [-0.4, -0.2) is 174 Å². The number of ether oxygens (including phenoxy) is 5. The number of benzene rings is 6. The predicted octanol–water partition coefficient (Wildman–Crippen LogP) is 8.17. The number of rotatable bonds is 17. The van der Waals surface area contributed by atoms with E-state index in [1.54, 1.807) is 25.5 Å². The van der Waals surface area contributed by atoms with Crippen LogP contribution in [0.5, 0.6) is 46.0 Å². The summed E-state index contributed by atoms with van der Waals surface area (Å²) in [5, 5.41) is 119. The number of ketones is 3. The number of urea groups is 1. The van der Waals surface area contributed by atoms with Crippen LogP contribution in [0.2, 0.25) is 10.0 Å². The molecule has 6 heterocycles. The molecule has 5 saturated carbocycles. The minimum Gasteiger partial charge on any atom is -0.508 e. The largest absolute Gasteiger partial charge is 0.508 e. The van der Waals surface area contributed by atoms with Crippen LogP contribution in [0, 0.1) is 60.2 Å². The van der Waals surface area contributed by atoms with Crippen molar-refractivity contribution in [2.75, 3.05) is 6.61 Å². The van der Waals surface area contributed by atoms with Crippen LogP contribution in [0.15, 0.2) is 108 Å². The van der Waals surface area contributed by atoms with Gasteiger partial charge in [0.1, 0.15) is 83.4 Å². The molecule has 664 valence electrons. The summed E-state index contributed by atoms with van der Waals surface area (Å²) < 4.78 is 62.3. The molecule has 17 rings (SSSR count). The summed E-state index contributed by atoms with van der Waals surface area (Å²) in [6.45, 7) is 9.41. The molecule has 0 spiro atoms. The summed E-state index contributed by atoms with van der Waals surface area (Å²) in [7, 11) is -4.72. The Bertz CT molecular complexity index is 5260. The van der Waals surface area contributed by atoms with Gasteiger partial charge in [-0.25, -0.2) is 17.9 Å². The van der Waals surface area contributed by atoms with E-state index >= 15 is 28.8 Å². The van der Waals surface area contributed by atoms with E-state index in [0.717, 1.165) is 68.5 Å². The molecular weight excluding hydrogens is 1670 g/mol. The fraction of sp³-hybridized carbons (Fsp3) is 0.494. The number of phenols is 3. The zero-order valence-corrected chi connectivity index (χ0v) is 71.1. The smallest absolute Gasteiger partial charge is 0.335 e. The number of sulfonamides is 1. The summed E-state index contributed by atoms with van der Waals surface area (Å²) in [6, 6.07) is 10.4. The summed E-state index contributed by atoms with van der Waals surface area (Å²) in [6.07, 6.45) is -13.7. The first-order valence-electron chi connectivity index (χ1n) is 41.8. The maximum atomic E-state index is 16.8. The van der Waals surface area contributed by atoms with Gasteiger partial charge in [0.2, 0.25) is 35.3 Å². The van der Waals surface area contributed by atoms with E-state index in [9.17, 15) is 68.8 Å². The molecule has 7 amide bonds.